The van der Waals surface area contributed by atoms with Crippen molar-refractivity contribution in [1.82, 2.24) is 10.2 Å². The molecule has 0 saturated heterocycles. The van der Waals surface area contributed by atoms with Gasteiger partial charge in [0, 0.05) is 11.3 Å². The minimum absolute atomic E-state index is 0.131. The zero-order valence-corrected chi connectivity index (χ0v) is 14.7. The van der Waals surface area contributed by atoms with Crippen LogP contribution in [0.2, 0.25) is 0 Å². The first-order chi connectivity index (χ1) is 12.0. The summed E-state index contributed by atoms with van der Waals surface area (Å²) in [5, 5.41) is 11.3. The van der Waals surface area contributed by atoms with Crippen molar-refractivity contribution in [3.63, 3.8) is 0 Å². The van der Waals surface area contributed by atoms with Crippen LogP contribution in [0.3, 0.4) is 0 Å². The Labute approximate surface area is 151 Å². The topological polar surface area (TPSA) is 54.9 Å². The maximum Gasteiger partial charge on any atom is 0.210 e. The van der Waals surface area contributed by atoms with Crippen molar-refractivity contribution in [2.75, 3.05) is 5.32 Å². The van der Waals surface area contributed by atoms with Crippen molar-refractivity contribution < 1.29 is 13.6 Å². The Hall–Kier alpha value is -2.32. The van der Waals surface area contributed by atoms with Gasteiger partial charge < -0.3 is 5.32 Å². The highest BCUT2D eigenvalue weighted by molar-refractivity contribution is 8.02. The number of anilines is 2. The second-order valence-electron chi connectivity index (χ2n) is 5.12. The van der Waals surface area contributed by atoms with Crippen molar-refractivity contribution in [2.45, 2.75) is 16.5 Å². The summed E-state index contributed by atoms with van der Waals surface area (Å²) in [6.45, 7) is 1.69. The molecule has 0 amide bonds. The Kier molecular flexibility index (Phi) is 5.40. The third kappa shape index (κ3) is 4.40. The fourth-order valence-corrected chi connectivity index (χ4v) is 4.04. The molecule has 1 atom stereocenters. The molecule has 2 aromatic carbocycles. The molecule has 0 aliphatic carbocycles. The first kappa shape index (κ1) is 17.5. The number of carbonyl (C=O) groups is 1. The molecule has 0 radical (unpaired) electrons. The number of hydrogen-bond donors (Lipinski definition) is 1. The van der Waals surface area contributed by atoms with Gasteiger partial charge in [0.15, 0.2) is 21.8 Å². The van der Waals surface area contributed by atoms with E-state index in [2.05, 4.69) is 15.5 Å². The van der Waals surface area contributed by atoms with E-state index in [9.17, 15) is 13.6 Å². The Balaban J connectivity index is 1.65. The summed E-state index contributed by atoms with van der Waals surface area (Å²) in [6, 6.07) is 12.7. The lowest BCUT2D eigenvalue weighted by Crippen LogP contribution is -2.13. The highest BCUT2D eigenvalue weighted by atomic mass is 32.2. The SMILES string of the molecule is CC(Sc1nnc(Nc2ccccc2)s1)C(=O)c1ccc(F)c(F)c1. The molecule has 0 bridgehead atoms. The standard InChI is InChI=1S/C17H13F2N3OS2/c1-10(15(23)11-7-8-13(18)14(19)9-11)24-17-22-21-16(25-17)20-12-5-3-2-4-6-12/h2-10H,1H3,(H,20,21). The number of nitrogens with one attached hydrogen (secondary N) is 1. The number of nitrogens with zero attached hydrogens (tertiary/aromatic N) is 2. The van der Waals surface area contributed by atoms with E-state index in [-0.39, 0.29) is 11.3 Å². The Morgan fingerprint density at radius 3 is 2.60 bits per heavy atom. The Morgan fingerprint density at radius 1 is 1.12 bits per heavy atom. The fraction of sp³-hybridized carbons (Fsp3) is 0.118. The number of para-hydroxylation sites is 1. The maximum absolute atomic E-state index is 13.3. The first-order valence-corrected chi connectivity index (χ1v) is 9.04. The number of aromatic nitrogens is 2. The lowest BCUT2D eigenvalue weighted by molar-refractivity contribution is 0.0993. The quantitative estimate of drug-likeness (QED) is 0.488. The zero-order chi connectivity index (χ0) is 17.8. The first-order valence-electron chi connectivity index (χ1n) is 7.34. The number of halogens is 2. The van der Waals surface area contributed by atoms with Gasteiger partial charge in [-0.1, -0.05) is 41.3 Å². The van der Waals surface area contributed by atoms with Gasteiger partial charge in [-0.3, -0.25) is 4.79 Å². The molecular formula is C17H13F2N3OS2. The van der Waals surface area contributed by atoms with E-state index >= 15 is 0 Å². The van der Waals surface area contributed by atoms with Gasteiger partial charge in [-0.05, 0) is 37.3 Å². The molecule has 1 unspecified atom stereocenters. The van der Waals surface area contributed by atoms with Crippen LogP contribution in [0, 0.1) is 11.6 Å². The van der Waals surface area contributed by atoms with Gasteiger partial charge in [0.05, 0.1) is 5.25 Å². The molecule has 1 aromatic heterocycles. The summed E-state index contributed by atoms with van der Waals surface area (Å²) >= 11 is 2.54. The molecule has 3 aromatic rings. The summed E-state index contributed by atoms with van der Waals surface area (Å²) in [5.41, 5.74) is 1.02. The van der Waals surface area contributed by atoms with Gasteiger partial charge in [-0.2, -0.15) is 0 Å². The predicted molar refractivity (Wildman–Crippen MR) is 95.6 cm³/mol. The van der Waals surface area contributed by atoms with Crippen LogP contribution in [0.4, 0.5) is 19.6 Å². The van der Waals surface area contributed by atoms with Crippen molar-refractivity contribution in [1.29, 1.82) is 0 Å². The van der Waals surface area contributed by atoms with E-state index in [4.69, 9.17) is 0 Å². The average molecular weight is 377 g/mol. The van der Waals surface area contributed by atoms with E-state index < -0.39 is 16.9 Å². The summed E-state index contributed by atoms with van der Waals surface area (Å²) in [4.78, 5) is 12.3. The number of benzene rings is 2. The number of thioether (sulfide) groups is 1. The van der Waals surface area contributed by atoms with E-state index in [1.54, 1.807) is 6.92 Å². The zero-order valence-electron chi connectivity index (χ0n) is 13.1. The van der Waals surface area contributed by atoms with E-state index in [0.717, 1.165) is 17.8 Å². The number of ketones is 1. The van der Waals surface area contributed by atoms with Gasteiger partial charge >= 0.3 is 0 Å². The van der Waals surface area contributed by atoms with Crippen molar-refractivity contribution in [3.8, 4) is 0 Å². The van der Waals surface area contributed by atoms with Gasteiger partial charge in [0.2, 0.25) is 5.13 Å². The third-order valence-electron chi connectivity index (χ3n) is 3.28. The normalized spacial score (nSPS) is 12.0. The number of Topliss-reactive ketones (excluding diaryl/α,β-unsaturated/α-hetero) is 1. The van der Waals surface area contributed by atoms with E-state index in [1.807, 2.05) is 30.3 Å². The fourth-order valence-electron chi connectivity index (χ4n) is 2.04. The average Bonchev–Trinajstić information content (AvgIpc) is 3.04. The summed E-state index contributed by atoms with van der Waals surface area (Å²) in [6.07, 6.45) is 0. The molecule has 0 aliphatic heterocycles. The lowest BCUT2D eigenvalue weighted by Gasteiger charge is -2.08. The van der Waals surface area contributed by atoms with E-state index in [1.165, 1.54) is 29.2 Å². The molecule has 0 aliphatic rings. The Morgan fingerprint density at radius 2 is 1.88 bits per heavy atom. The molecule has 0 saturated carbocycles. The van der Waals surface area contributed by atoms with Crippen molar-refractivity contribution in [3.05, 3.63) is 65.7 Å². The molecule has 8 heteroatoms. The smallest absolute Gasteiger partial charge is 0.210 e. The lowest BCUT2D eigenvalue weighted by atomic mass is 10.1. The van der Waals surface area contributed by atoms with Gasteiger partial charge in [0.1, 0.15) is 0 Å². The van der Waals surface area contributed by atoms with Crippen LogP contribution in [0.1, 0.15) is 17.3 Å². The maximum atomic E-state index is 13.3. The molecule has 0 fully saturated rings. The van der Waals surface area contributed by atoms with Gasteiger partial charge in [-0.25, -0.2) is 8.78 Å². The largest absolute Gasteiger partial charge is 0.330 e. The molecular weight excluding hydrogens is 364 g/mol. The summed E-state index contributed by atoms with van der Waals surface area (Å²) < 4.78 is 26.9. The Bertz CT molecular complexity index is 887. The molecule has 128 valence electrons. The summed E-state index contributed by atoms with van der Waals surface area (Å²) in [5.74, 6) is -2.30. The number of carbonyl (C=O) groups excluding carboxylic acids is 1. The van der Waals surface area contributed by atoms with E-state index in [0.29, 0.717) is 9.47 Å². The second-order valence-corrected chi connectivity index (χ2v) is 7.68. The molecule has 1 heterocycles. The number of hydrogen-bond acceptors (Lipinski definition) is 6. The molecule has 4 nitrogen and oxygen atoms in total. The highest BCUT2D eigenvalue weighted by Crippen LogP contribution is 2.31. The van der Waals surface area contributed by atoms with Crippen LogP contribution in [-0.4, -0.2) is 21.2 Å². The summed E-state index contributed by atoms with van der Waals surface area (Å²) in [7, 11) is 0. The molecule has 0 spiro atoms. The van der Waals surface area contributed by atoms with Crippen LogP contribution in [0.15, 0.2) is 52.9 Å². The van der Waals surface area contributed by atoms with Crippen molar-refractivity contribution >= 4 is 39.7 Å². The van der Waals surface area contributed by atoms with Gasteiger partial charge in [0.25, 0.3) is 0 Å². The van der Waals surface area contributed by atoms with Crippen molar-refractivity contribution in [2.24, 2.45) is 0 Å². The molecule has 3 rings (SSSR count). The highest BCUT2D eigenvalue weighted by Gasteiger charge is 2.20. The van der Waals surface area contributed by atoms with Crippen LogP contribution < -0.4 is 5.32 Å². The van der Waals surface area contributed by atoms with Gasteiger partial charge in [-0.15, -0.1) is 10.2 Å². The van der Waals surface area contributed by atoms with Crippen LogP contribution >= 0.6 is 23.1 Å². The van der Waals surface area contributed by atoms with Crippen LogP contribution in [0.5, 0.6) is 0 Å². The minimum atomic E-state index is -1.03. The van der Waals surface area contributed by atoms with Crippen LogP contribution in [-0.2, 0) is 0 Å². The number of rotatable bonds is 6. The molecule has 1 N–H and O–H groups in total. The van der Waals surface area contributed by atoms with Crippen LogP contribution in [0.25, 0.3) is 0 Å². The minimum Gasteiger partial charge on any atom is -0.330 e. The third-order valence-corrected chi connectivity index (χ3v) is 5.31. The molecule has 25 heavy (non-hydrogen) atoms. The second kappa shape index (κ2) is 7.71. The predicted octanol–water partition coefficient (Wildman–Crippen LogP) is 4.92. The monoisotopic (exact) mass is 377 g/mol.